The fourth-order valence-electron chi connectivity index (χ4n) is 2.91. The summed E-state index contributed by atoms with van der Waals surface area (Å²) in [7, 11) is 0. The monoisotopic (exact) mass is 322 g/mol. The van der Waals surface area contributed by atoms with Crippen LogP contribution in [0.2, 0.25) is 0 Å². The molecule has 0 saturated heterocycles. The van der Waals surface area contributed by atoms with E-state index >= 15 is 0 Å². The largest absolute Gasteiger partial charge is 0.245 e. The van der Waals surface area contributed by atoms with E-state index in [4.69, 9.17) is 0 Å². The van der Waals surface area contributed by atoms with Gasteiger partial charge in [0.15, 0.2) is 0 Å². The summed E-state index contributed by atoms with van der Waals surface area (Å²) >= 11 is 1.76. The lowest BCUT2D eigenvalue weighted by Gasteiger charge is -2.18. The van der Waals surface area contributed by atoms with Crippen molar-refractivity contribution in [2.75, 3.05) is 0 Å². The zero-order valence-corrected chi connectivity index (χ0v) is 14.6. The average Bonchev–Trinajstić information content (AvgIpc) is 3.36. The minimum absolute atomic E-state index is 0.373. The number of pyridine rings is 1. The van der Waals surface area contributed by atoms with Crippen LogP contribution in [0.1, 0.15) is 53.3 Å². The van der Waals surface area contributed by atoms with Gasteiger partial charge in [0.05, 0.1) is 5.56 Å². The summed E-state index contributed by atoms with van der Waals surface area (Å²) in [6, 6.07) is 15.0. The highest BCUT2D eigenvalue weighted by atomic mass is 32.2. The van der Waals surface area contributed by atoms with Crippen molar-refractivity contribution in [1.82, 2.24) is 4.98 Å². The lowest BCUT2D eigenvalue weighted by Crippen LogP contribution is -2.00. The van der Waals surface area contributed by atoms with E-state index in [9.17, 15) is 5.26 Å². The van der Waals surface area contributed by atoms with E-state index in [1.54, 1.807) is 11.8 Å². The maximum absolute atomic E-state index is 9.50. The van der Waals surface area contributed by atoms with Gasteiger partial charge in [-0.15, -0.1) is 0 Å². The highest BCUT2D eigenvalue weighted by Crippen LogP contribution is 2.43. The summed E-state index contributed by atoms with van der Waals surface area (Å²) < 4.78 is 0. The maximum atomic E-state index is 9.50. The lowest BCUT2D eigenvalue weighted by molar-refractivity contribution is 0.657. The molecule has 0 amide bonds. The van der Waals surface area contributed by atoms with E-state index in [2.05, 4.69) is 41.4 Å². The average molecular weight is 322 g/mol. The lowest BCUT2D eigenvalue weighted by atomic mass is 10.1. The highest BCUT2D eigenvalue weighted by Gasteiger charge is 2.24. The SMILES string of the molecule is Cc1cc(C)c(C#N)c(SC(CCC2CC2)c2ccccc2)n1. The predicted molar refractivity (Wildman–Crippen MR) is 95.4 cm³/mol. The van der Waals surface area contributed by atoms with Gasteiger partial charge in [0.2, 0.25) is 0 Å². The van der Waals surface area contributed by atoms with Crippen LogP contribution in [-0.2, 0) is 0 Å². The molecular weight excluding hydrogens is 300 g/mol. The minimum atomic E-state index is 0.373. The molecule has 1 aliphatic carbocycles. The van der Waals surface area contributed by atoms with Gasteiger partial charge in [-0.3, -0.25) is 0 Å². The number of nitrogens with zero attached hydrogens (tertiary/aromatic N) is 2. The summed E-state index contributed by atoms with van der Waals surface area (Å²) in [5, 5.41) is 10.8. The Morgan fingerprint density at radius 1 is 1.26 bits per heavy atom. The molecule has 1 aromatic carbocycles. The summed E-state index contributed by atoms with van der Waals surface area (Å²) in [5.41, 5.74) is 4.07. The van der Waals surface area contributed by atoms with Crippen molar-refractivity contribution in [3.8, 4) is 6.07 Å². The molecule has 118 valence electrons. The fourth-order valence-corrected chi connectivity index (χ4v) is 4.25. The first-order valence-electron chi connectivity index (χ1n) is 8.27. The summed E-state index contributed by atoms with van der Waals surface area (Å²) in [6.45, 7) is 4.00. The number of aromatic nitrogens is 1. The Bertz CT molecular complexity index is 714. The molecule has 2 aromatic rings. The molecule has 0 radical (unpaired) electrons. The number of aryl methyl sites for hydroxylation is 2. The van der Waals surface area contributed by atoms with Crippen molar-refractivity contribution >= 4 is 11.8 Å². The molecule has 1 heterocycles. The second-order valence-electron chi connectivity index (χ2n) is 6.41. The summed E-state index contributed by atoms with van der Waals surface area (Å²) in [5.74, 6) is 0.921. The van der Waals surface area contributed by atoms with Crippen LogP contribution in [0.25, 0.3) is 0 Å². The molecule has 23 heavy (non-hydrogen) atoms. The Kier molecular flexibility index (Phi) is 5.03. The van der Waals surface area contributed by atoms with E-state index in [1.807, 2.05) is 19.9 Å². The molecule has 3 heteroatoms. The Labute approximate surface area is 143 Å². The Hall–Kier alpha value is -1.79. The molecule has 2 nitrogen and oxygen atoms in total. The van der Waals surface area contributed by atoms with E-state index in [0.717, 1.165) is 34.2 Å². The van der Waals surface area contributed by atoms with E-state index < -0.39 is 0 Å². The molecule has 0 N–H and O–H groups in total. The van der Waals surface area contributed by atoms with Gasteiger partial charge in [-0.2, -0.15) is 5.26 Å². The van der Waals surface area contributed by atoms with Gasteiger partial charge in [-0.25, -0.2) is 4.98 Å². The van der Waals surface area contributed by atoms with Crippen molar-refractivity contribution < 1.29 is 0 Å². The molecule has 1 saturated carbocycles. The molecule has 0 spiro atoms. The van der Waals surface area contributed by atoms with Crippen LogP contribution >= 0.6 is 11.8 Å². The third kappa shape index (κ3) is 4.14. The molecular formula is C20H22N2S. The van der Waals surface area contributed by atoms with E-state index in [1.165, 1.54) is 24.8 Å². The molecule has 1 unspecified atom stereocenters. The predicted octanol–water partition coefficient (Wildman–Crippen LogP) is 5.59. The standard InChI is InChI=1S/C20H22N2S/c1-14-12-15(2)22-20(18(14)13-21)23-19(11-10-16-8-9-16)17-6-4-3-5-7-17/h3-7,12,16,19H,8-11H2,1-2H3. The topological polar surface area (TPSA) is 36.7 Å². The number of hydrogen-bond acceptors (Lipinski definition) is 3. The van der Waals surface area contributed by atoms with Gasteiger partial charge in [-0.1, -0.05) is 54.9 Å². The van der Waals surface area contributed by atoms with Crippen molar-refractivity contribution in [3.05, 3.63) is 58.8 Å². The molecule has 0 aliphatic heterocycles. The minimum Gasteiger partial charge on any atom is -0.245 e. The molecule has 0 bridgehead atoms. The third-order valence-electron chi connectivity index (χ3n) is 4.38. The van der Waals surface area contributed by atoms with Crippen LogP contribution in [0, 0.1) is 31.1 Å². The van der Waals surface area contributed by atoms with E-state index in [0.29, 0.717) is 5.25 Å². The summed E-state index contributed by atoms with van der Waals surface area (Å²) in [4.78, 5) is 4.65. The first-order valence-corrected chi connectivity index (χ1v) is 9.15. The van der Waals surface area contributed by atoms with Crippen molar-refractivity contribution in [3.63, 3.8) is 0 Å². The van der Waals surface area contributed by atoms with Crippen LogP contribution in [0.4, 0.5) is 0 Å². The molecule has 1 aromatic heterocycles. The molecule has 3 rings (SSSR count). The van der Waals surface area contributed by atoms with Crippen molar-refractivity contribution in [1.29, 1.82) is 5.26 Å². The first kappa shape index (κ1) is 16.1. The molecule has 1 aliphatic rings. The Morgan fingerprint density at radius 2 is 2.00 bits per heavy atom. The Morgan fingerprint density at radius 3 is 2.65 bits per heavy atom. The zero-order chi connectivity index (χ0) is 16.2. The second kappa shape index (κ2) is 7.19. The Balaban J connectivity index is 1.87. The highest BCUT2D eigenvalue weighted by molar-refractivity contribution is 7.99. The van der Waals surface area contributed by atoms with Crippen LogP contribution < -0.4 is 0 Å². The van der Waals surface area contributed by atoms with Gasteiger partial charge in [0.1, 0.15) is 11.1 Å². The van der Waals surface area contributed by atoms with E-state index in [-0.39, 0.29) is 0 Å². The van der Waals surface area contributed by atoms with Crippen molar-refractivity contribution in [2.45, 2.75) is 49.8 Å². The number of hydrogen-bond donors (Lipinski definition) is 0. The van der Waals surface area contributed by atoms with Gasteiger partial charge in [0.25, 0.3) is 0 Å². The number of thioether (sulfide) groups is 1. The van der Waals surface area contributed by atoms with Gasteiger partial charge >= 0.3 is 0 Å². The second-order valence-corrected chi connectivity index (χ2v) is 7.60. The fraction of sp³-hybridized carbons (Fsp3) is 0.400. The van der Waals surface area contributed by atoms with Crippen LogP contribution in [0.3, 0.4) is 0 Å². The van der Waals surface area contributed by atoms with Crippen LogP contribution in [-0.4, -0.2) is 4.98 Å². The van der Waals surface area contributed by atoms with Gasteiger partial charge in [-0.05, 0) is 49.8 Å². The maximum Gasteiger partial charge on any atom is 0.115 e. The number of rotatable bonds is 6. The van der Waals surface area contributed by atoms with Crippen LogP contribution in [0.5, 0.6) is 0 Å². The number of benzene rings is 1. The quantitative estimate of drug-likeness (QED) is 0.650. The zero-order valence-electron chi connectivity index (χ0n) is 13.7. The molecule has 1 fully saturated rings. The first-order chi connectivity index (χ1) is 11.2. The normalized spacial score (nSPS) is 15.2. The number of nitriles is 1. The van der Waals surface area contributed by atoms with Crippen LogP contribution in [0.15, 0.2) is 41.4 Å². The van der Waals surface area contributed by atoms with Gasteiger partial charge < -0.3 is 0 Å². The summed E-state index contributed by atoms with van der Waals surface area (Å²) in [6.07, 6.45) is 5.20. The van der Waals surface area contributed by atoms with Gasteiger partial charge in [0, 0.05) is 10.9 Å². The third-order valence-corrected chi connectivity index (χ3v) is 5.69. The smallest absolute Gasteiger partial charge is 0.115 e. The molecule has 1 atom stereocenters. The van der Waals surface area contributed by atoms with Crippen molar-refractivity contribution in [2.24, 2.45) is 5.92 Å².